The number of thioether (sulfide) groups is 1. The molecule has 0 saturated carbocycles. The first-order chi connectivity index (χ1) is 12.2. The van der Waals surface area contributed by atoms with Crippen LogP contribution in [0.15, 0.2) is 53.4 Å². The van der Waals surface area contributed by atoms with Gasteiger partial charge in [0.05, 0.1) is 12.1 Å². The van der Waals surface area contributed by atoms with Crippen LogP contribution in [-0.4, -0.2) is 22.3 Å². The third-order valence-electron chi connectivity index (χ3n) is 4.31. The van der Waals surface area contributed by atoms with Gasteiger partial charge in [-0.25, -0.2) is 0 Å². The van der Waals surface area contributed by atoms with Gasteiger partial charge in [0.25, 0.3) is 5.91 Å². The minimum atomic E-state index is -0.0783. The van der Waals surface area contributed by atoms with Gasteiger partial charge in [0.2, 0.25) is 0 Å². The molecular formula is C20H20N2O2S. The first-order valence-corrected chi connectivity index (χ1v) is 9.37. The van der Waals surface area contributed by atoms with E-state index in [1.165, 1.54) is 10.4 Å². The number of ether oxygens (including phenoxy) is 1. The minimum Gasteiger partial charge on any atom is -0.494 e. The molecule has 25 heavy (non-hydrogen) atoms. The second-order valence-corrected chi connectivity index (χ2v) is 7.65. The highest BCUT2D eigenvalue weighted by Crippen LogP contribution is 2.38. The summed E-state index contributed by atoms with van der Waals surface area (Å²) in [7, 11) is 0. The van der Waals surface area contributed by atoms with E-state index in [9.17, 15) is 4.79 Å². The van der Waals surface area contributed by atoms with E-state index in [2.05, 4.69) is 35.0 Å². The Hall–Kier alpha value is -2.40. The van der Waals surface area contributed by atoms with Crippen molar-refractivity contribution in [3.63, 3.8) is 0 Å². The monoisotopic (exact) mass is 352 g/mol. The van der Waals surface area contributed by atoms with Gasteiger partial charge in [-0.1, -0.05) is 19.1 Å². The summed E-state index contributed by atoms with van der Waals surface area (Å²) in [5.41, 5.74) is 2.65. The fraction of sp³-hybridized carbons (Fsp3) is 0.250. The smallest absolute Gasteiger partial charge is 0.272 e. The predicted octanol–water partition coefficient (Wildman–Crippen LogP) is 4.79. The van der Waals surface area contributed by atoms with Crippen LogP contribution in [0.4, 0.5) is 5.69 Å². The summed E-state index contributed by atoms with van der Waals surface area (Å²) >= 11 is 1.87. The van der Waals surface area contributed by atoms with Crippen LogP contribution in [0.5, 0.6) is 5.75 Å². The fourth-order valence-corrected chi connectivity index (χ4v) is 4.42. The number of anilines is 1. The summed E-state index contributed by atoms with van der Waals surface area (Å²) in [6.07, 6.45) is 0. The van der Waals surface area contributed by atoms with E-state index in [0.29, 0.717) is 17.6 Å². The SMILES string of the molecule is CCOc1ccc(NC(=O)c2cc3cccc4c3n2C[C@@H](C)S4)cc1. The Bertz CT molecular complexity index is 931. The molecule has 128 valence electrons. The second kappa shape index (κ2) is 6.48. The largest absolute Gasteiger partial charge is 0.494 e. The van der Waals surface area contributed by atoms with Crippen LogP contribution in [0, 0.1) is 0 Å². The van der Waals surface area contributed by atoms with E-state index in [4.69, 9.17) is 4.74 Å². The Morgan fingerprint density at radius 3 is 2.84 bits per heavy atom. The number of aromatic nitrogens is 1. The molecular weight excluding hydrogens is 332 g/mol. The summed E-state index contributed by atoms with van der Waals surface area (Å²) < 4.78 is 7.59. The van der Waals surface area contributed by atoms with Crippen molar-refractivity contribution in [3.05, 3.63) is 54.2 Å². The summed E-state index contributed by atoms with van der Waals surface area (Å²) in [6.45, 7) is 5.62. The summed E-state index contributed by atoms with van der Waals surface area (Å²) in [5, 5.41) is 4.57. The van der Waals surface area contributed by atoms with Gasteiger partial charge in [-0.3, -0.25) is 4.79 Å². The van der Waals surface area contributed by atoms with Crippen LogP contribution in [0.2, 0.25) is 0 Å². The highest BCUT2D eigenvalue weighted by atomic mass is 32.2. The Balaban J connectivity index is 1.65. The van der Waals surface area contributed by atoms with Crippen molar-refractivity contribution >= 4 is 34.3 Å². The number of hydrogen-bond acceptors (Lipinski definition) is 3. The quantitative estimate of drug-likeness (QED) is 0.734. The van der Waals surface area contributed by atoms with Crippen molar-refractivity contribution < 1.29 is 9.53 Å². The average molecular weight is 352 g/mol. The number of amides is 1. The zero-order valence-corrected chi connectivity index (χ0v) is 15.1. The molecule has 2 aromatic carbocycles. The van der Waals surface area contributed by atoms with Crippen LogP contribution < -0.4 is 10.1 Å². The zero-order chi connectivity index (χ0) is 17.4. The predicted molar refractivity (Wildman–Crippen MR) is 103 cm³/mol. The number of carbonyl (C=O) groups excluding carboxylic acids is 1. The van der Waals surface area contributed by atoms with E-state index in [1.54, 1.807) is 0 Å². The van der Waals surface area contributed by atoms with Gasteiger partial charge in [0, 0.05) is 27.8 Å². The van der Waals surface area contributed by atoms with Gasteiger partial charge in [-0.15, -0.1) is 11.8 Å². The van der Waals surface area contributed by atoms with Crippen molar-refractivity contribution in [1.29, 1.82) is 0 Å². The number of benzene rings is 2. The number of para-hydroxylation sites is 1. The molecule has 1 amide bonds. The van der Waals surface area contributed by atoms with E-state index in [0.717, 1.165) is 23.4 Å². The highest BCUT2D eigenvalue weighted by Gasteiger charge is 2.24. The van der Waals surface area contributed by atoms with Gasteiger partial charge in [0.1, 0.15) is 11.4 Å². The van der Waals surface area contributed by atoms with Crippen LogP contribution >= 0.6 is 11.8 Å². The Kier molecular flexibility index (Phi) is 4.17. The third-order valence-corrected chi connectivity index (χ3v) is 5.44. The molecule has 4 rings (SSSR count). The van der Waals surface area contributed by atoms with Crippen molar-refractivity contribution in [2.75, 3.05) is 11.9 Å². The van der Waals surface area contributed by atoms with E-state index in [-0.39, 0.29) is 5.91 Å². The molecule has 2 heterocycles. The van der Waals surface area contributed by atoms with Crippen molar-refractivity contribution in [1.82, 2.24) is 4.57 Å². The first-order valence-electron chi connectivity index (χ1n) is 8.49. The number of hydrogen-bond donors (Lipinski definition) is 1. The van der Waals surface area contributed by atoms with Crippen LogP contribution in [0.1, 0.15) is 24.3 Å². The van der Waals surface area contributed by atoms with Crippen molar-refractivity contribution in [3.8, 4) is 5.75 Å². The molecule has 0 bridgehead atoms. The molecule has 0 fully saturated rings. The molecule has 1 aliphatic rings. The molecule has 4 nitrogen and oxygen atoms in total. The number of rotatable bonds is 4. The van der Waals surface area contributed by atoms with E-state index in [1.807, 2.05) is 49.0 Å². The normalized spacial score (nSPS) is 16.0. The maximum Gasteiger partial charge on any atom is 0.272 e. The Morgan fingerprint density at radius 2 is 2.08 bits per heavy atom. The van der Waals surface area contributed by atoms with Crippen LogP contribution in [0.3, 0.4) is 0 Å². The molecule has 3 aromatic rings. The molecule has 5 heteroatoms. The third kappa shape index (κ3) is 3.00. The molecule has 1 aliphatic heterocycles. The molecule has 0 unspecified atom stereocenters. The summed E-state index contributed by atoms with van der Waals surface area (Å²) in [6, 6.07) is 15.7. The molecule has 0 aliphatic carbocycles. The average Bonchev–Trinajstić information content (AvgIpc) is 2.97. The molecule has 1 aromatic heterocycles. The molecule has 1 atom stereocenters. The van der Waals surface area contributed by atoms with E-state index >= 15 is 0 Å². The van der Waals surface area contributed by atoms with Gasteiger partial charge in [0.15, 0.2) is 0 Å². The van der Waals surface area contributed by atoms with Crippen molar-refractivity contribution in [2.24, 2.45) is 0 Å². The topological polar surface area (TPSA) is 43.3 Å². The maximum atomic E-state index is 12.8. The lowest BCUT2D eigenvalue weighted by Crippen LogP contribution is -2.21. The molecule has 0 saturated heterocycles. The van der Waals surface area contributed by atoms with Gasteiger partial charge >= 0.3 is 0 Å². The number of nitrogens with zero attached hydrogens (tertiary/aromatic N) is 1. The molecule has 0 radical (unpaired) electrons. The first kappa shape index (κ1) is 16.1. The molecule has 1 N–H and O–H groups in total. The summed E-state index contributed by atoms with van der Waals surface area (Å²) in [5.74, 6) is 0.727. The van der Waals surface area contributed by atoms with Crippen LogP contribution in [-0.2, 0) is 6.54 Å². The Morgan fingerprint density at radius 1 is 1.28 bits per heavy atom. The second-order valence-electron chi connectivity index (χ2n) is 6.17. The maximum absolute atomic E-state index is 12.8. The van der Waals surface area contributed by atoms with Gasteiger partial charge in [-0.2, -0.15) is 0 Å². The minimum absolute atomic E-state index is 0.0783. The lowest BCUT2D eigenvalue weighted by atomic mass is 10.2. The van der Waals surface area contributed by atoms with E-state index < -0.39 is 0 Å². The van der Waals surface area contributed by atoms with Crippen molar-refractivity contribution in [2.45, 2.75) is 30.5 Å². The number of carbonyl (C=O) groups is 1. The lowest BCUT2D eigenvalue weighted by Gasteiger charge is -2.22. The summed E-state index contributed by atoms with van der Waals surface area (Å²) in [4.78, 5) is 14.1. The molecule has 0 spiro atoms. The lowest BCUT2D eigenvalue weighted by molar-refractivity contribution is 0.101. The highest BCUT2D eigenvalue weighted by molar-refractivity contribution is 8.00. The number of nitrogens with one attached hydrogen (secondary N) is 1. The van der Waals surface area contributed by atoms with Crippen LogP contribution in [0.25, 0.3) is 10.9 Å². The fourth-order valence-electron chi connectivity index (χ4n) is 3.27. The van der Waals surface area contributed by atoms with Gasteiger partial charge in [-0.05, 0) is 43.3 Å². The van der Waals surface area contributed by atoms with Gasteiger partial charge < -0.3 is 14.6 Å². The standard InChI is InChI=1S/C20H20N2O2S/c1-3-24-16-9-7-15(8-10-16)21-20(23)17-11-14-5-4-6-18-19(14)22(17)12-13(2)25-18/h4-11,13H,3,12H2,1-2H3,(H,21,23)/t13-/m1/s1. The zero-order valence-electron chi connectivity index (χ0n) is 14.3. The Labute approximate surface area is 151 Å².